The van der Waals surface area contributed by atoms with Crippen molar-refractivity contribution in [2.75, 3.05) is 0 Å². The highest BCUT2D eigenvalue weighted by Gasteiger charge is 2.23. The number of hydrogen-bond acceptors (Lipinski definition) is 5. The first-order chi connectivity index (χ1) is 18.8. The van der Waals surface area contributed by atoms with Gasteiger partial charge in [-0.25, -0.2) is 13.8 Å². The lowest BCUT2D eigenvalue weighted by atomic mass is 9.86. The van der Waals surface area contributed by atoms with E-state index >= 15 is 0 Å². The van der Waals surface area contributed by atoms with Crippen molar-refractivity contribution in [1.82, 2.24) is 19.5 Å². The van der Waals surface area contributed by atoms with E-state index in [2.05, 4.69) is 15.0 Å². The Morgan fingerprint density at radius 2 is 1.79 bits per heavy atom. The summed E-state index contributed by atoms with van der Waals surface area (Å²) in [5.41, 5.74) is 8.63. The minimum atomic E-state index is -0.708. The number of rotatable bonds is 9. The van der Waals surface area contributed by atoms with Crippen LogP contribution in [0.25, 0.3) is 22.2 Å². The molecule has 0 aliphatic rings. The Kier molecular flexibility index (Phi) is 7.42. The number of halogens is 3. The van der Waals surface area contributed by atoms with E-state index in [1.165, 1.54) is 12.1 Å². The van der Waals surface area contributed by atoms with E-state index in [0.717, 1.165) is 11.5 Å². The average Bonchev–Trinajstić information content (AvgIpc) is 3.29. The number of nitrogens with zero attached hydrogens (tertiary/aromatic N) is 4. The van der Waals surface area contributed by atoms with Crippen molar-refractivity contribution in [2.24, 2.45) is 5.73 Å². The van der Waals surface area contributed by atoms with E-state index in [0.29, 0.717) is 33.6 Å². The van der Waals surface area contributed by atoms with Gasteiger partial charge in [0, 0.05) is 53.5 Å². The lowest BCUT2D eigenvalue weighted by Crippen LogP contribution is -2.17. The van der Waals surface area contributed by atoms with Crippen molar-refractivity contribution >= 4 is 34.3 Å². The number of aromatic nitrogens is 4. The molecule has 5 aromatic rings. The van der Waals surface area contributed by atoms with Crippen molar-refractivity contribution in [3.63, 3.8) is 0 Å². The van der Waals surface area contributed by atoms with Crippen LogP contribution in [0.4, 0.5) is 8.78 Å². The van der Waals surface area contributed by atoms with Crippen molar-refractivity contribution in [2.45, 2.75) is 25.3 Å². The molecule has 3 aromatic heterocycles. The average molecular weight is 546 g/mol. The van der Waals surface area contributed by atoms with Crippen molar-refractivity contribution in [1.29, 1.82) is 0 Å². The monoisotopic (exact) mass is 545 g/mol. The maximum Gasteiger partial charge on any atom is 0.248 e. The number of nitrogens with two attached hydrogens (primary N) is 1. The van der Waals surface area contributed by atoms with Crippen LogP contribution < -0.4 is 5.73 Å². The Morgan fingerprint density at radius 1 is 1.00 bits per heavy atom. The maximum atomic E-state index is 14.0. The van der Waals surface area contributed by atoms with Gasteiger partial charge in [-0.05, 0) is 65.5 Å². The number of fused-ring (bicyclic) bond motifs is 1. The van der Waals surface area contributed by atoms with Gasteiger partial charge in [0.15, 0.2) is 5.78 Å². The zero-order valence-electron chi connectivity index (χ0n) is 20.5. The molecule has 0 aliphatic heterocycles. The van der Waals surface area contributed by atoms with E-state index in [1.807, 2.05) is 12.1 Å². The minimum Gasteiger partial charge on any atom is -0.366 e. The van der Waals surface area contributed by atoms with Gasteiger partial charge in [-0.2, -0.15) is 4.98 Å². The molecule has 39 heavy (non-hydrogen) atoms. The number of Topliss-reactive ketones (excluding diaryl/α,β-unsaturated/α-hetero) is 1. The summed E-state index contributed by atoms with van der Waals surface area (Å²) >= 11 is 5.95. The molecule has 1 amide bonds. The van der Waals surface area contributed by atoms with Gasteiger partial charge in [-0.1, -0.05) is 18.2 Å². The van der Waals surface area contributed by atoms with Gasteiger partial charge >= 0.3 is 0 Å². The summed E-state index contributed by atoms with van der Waals surface area (Å²) in [7, 11) is 0. The molecule has 3 heterocycles. The van der Waals surface area contributed by atoms with Crippen LogP contribution in [-0.4, -0.2) is 31.2 Å². The van der Waals surface area contributed by atoms with Gasteiger partial charge in [-0.3, -0.25) is 14.6 Å². The highest BCUT2D eigenvalue weighted by molar-refractivity contribution is 6.28. The van der Waals surface area contributed by atoms with Crippen LogP contribution in [0.5, 0.6) is 0 Å². The first-order valence-electron chi connectivity index (χ1n) is 12.1. The Balaban J connectivity index is 1.52. The highest BCUT2D eigenvalue weighted by atomic mass is 35.5. The van der Waals surface area contributed by atoms with E-state index in [-0.39, 0.29) is 30.5 Å². The number of benzene rings is 2. The summed E-state index contributed by atoms with van der Waals surface area (Å²) in [5, 5.41) is 0.803. The zero-order chi connectivity index (χ0) is 27.5. The lowest BCUT2D eigenvalue weighted by Gasteiger charge is -2.20. The molecule has 0 saturated heterocycles. The number of primary amides is 1. The van der Waals surface area contributed by atoms with E-state index < -0.39 is 23.5 Å². The predicted octanol–water partition coefficient (Wildman–Crippen LogP) is 5.51. The molecule has 1 atom stereocenters. The number of pyridine rings is 1. The number of carbonyl (C=O) groups is 2. The van der Waals surface area contributed by atoms with Gasteiger partial charge in [0.05, 0.1) is 12.2 Å². The summed E-state index contributed by atoms with van der Waals surface area (Å²) in [6.07, 6.45) is 5.08. The smallest absolute Gasteiger partial charge is 0.248 e. The van der Waals surface area contributed by atoms with Gasteiger partial charge < -0.3 is 10.3 Å². The van der Waals surface area contributed by atoms with E-state index in [9.17, 15) is 18.4 Å². The number of hydrogen-bond donors (Lipinski definition) is 1. The Morgan fingerprint density at radius 3 is 2.56 bits per heavy atom. The second-order valence-corrected chi connectivity index (χ2v) is 9.50. The van der Waals surface area contributed by atoms with Gasteiger partial charge in [0.2, 0.25) is 11.2 Å². The quantitative estimate of drug-likeness (QED) is 0.246. The highest BCUT2D eigenvalue weighted by Crippen LogP contribution is 2.33. The van der Waals surface area contributed by atoms with Crippen molar-refractivity contribution in [3.05, 3.63) is 113 Å². The molecule has 0 bridgehead atoms. The summed E-state index contributed by atoms with van der Waals surface area (Å²) in [6, 6.07) is 15.4. The summed E-state index contributed by atoms with van der Waals surface area (Å²) in [4.78, 5) is 38.0. The SMILES string of the molecule is NC(=O)c1cccc(-c2cccnc2[C@@H](CC(=O)Cn2ccc3cnc(Cl)nc32)Cc2cc(F)cc(F)c2)c1. The summed E-state index contributed by atoms with van der Waals surface area (Å²) < 4.78 is 29.8. The Labute approximate surface area is 227 Å². The molecule has 7 nitrogen and oxygen atoms in total. The minimum absolute atomic E-state index is 0.00415. The molecule has 196 valence electrons. The van der Waals surface area contributed by atoms with Gasteiger partial charge in [0.25, 0.3) is 0 Å². The van der Waals surface area contributed by atoms with Gasteiger partial charge in [0.1, 0.15) is 17.3 Å². The van der Waals surface area contributed by atoms with Crippen LogP contribution in [0.2, 0.25) is 5.28 Å². The fourth-order valence-corrected chi connectivity index (χ4v) is 4.84. The molecular formula is C29H22ClF2N5O2. The van der Waals surface area contributed by atoms with Crippen LogP contribution in [-0.2, 0) is 17.8 Å². The van der Waals surface area contributed by atoms with Crippen molar-refractivity contribution < 1.29 is 18.4 Å². The lowest BCUT2D eigenvalue weighted by molar-refractivity contribution is -0.120. The fourth-order valence-electron chi connectivity index (χ4n) is 4.71. The van der Waals surface area contributed by atoms with Crippen LogP contribution in [0.15, 0.2) is 79.3 Å². The molecule has 5 rings (SSSR count). The molecule has 2 N–H and O–H groups in total. The summed E-state index contributed by atoms with van der Waals surface area (Å²) in [6.45, 7) is 0.00415. The second kappa shape index (κ2) is 11.1. The molecule has 0 fully saturated rings. The number of amides is 1. The summed E-state index contributed by atoms with van der Waals surface area (Å²) in [5.74, 6) is -2.67. The first-order valence-corrected chi connectivity index (χ1v) is 12.4. The standard InChI is InChI=1S/C29H22ClF2N5O2/c30-29-35-15-20-6-8-37(28(20)36-29)16-24(38)13-21(9-17-10-22(31)14-23(32)11-17)26-25(5-2-7-34-26)18-3-1-4-19(12-18)27(33)39/h1-8,10-12,14-15,21H,9,13,16H2,(H2,33,39)/t21-/m1/s1. The Bertz CT molecular complexity index is 1680. The second-order valence-electron chi connectivity index (χ2n) is 9.16. The first kappa shape index (κ1) is 26.1. The molecule has 0 saturated carbocycles. The molecule has 0 spiro atoms. The third-order valence-corrected chi connectivity index (χ3v) is 6.56. The van der Waals surface area contributed by atoms with E-state index in [1.54, 1.807) is 53.5 Å². The fraction of sp³-hybridized carbons (Fsp3) is 0.138. The third kappa shape index (κ3) is 5.99. The van der Waals surface area contributed by atoms with Crippen LogP contribution in [0.3, 0.4) is 0 Å². The van der Waals surface area contributed by atoms with Crippen LogP contribution >= 0.6 is 11.6 Å². The molecular weight excluding hydrogens is 524 g/mol. The van der Waals surface area contributed by atoms with Crippen LogP contribution in [0.1, 0.15) is 34.0 Å². The Hall–Kier alpha value is -4.50. The van der Waals surface area contributed by atoms with Gasteiger partial charge in [-0.15, -0.1) is 0 Å². The maximum absolute atomic E-state index is 14.0. The largest absolute Gasteiger partial charge is 0.366 e. The van der Waals surface area contributed by atoms with E-state index in [4.69, 9.17) is 17.3 Å². The number of carbonyl (C=O) groups excluding carboxylic acids is 2. The molecule has 0 unspecified atom stereocenters. The zero-order valence-corrected chi connectivity index (χ0v) is 21.3. The predicted molar refractivity (Wildman–Crippen MR) is 143 cm³/mol. The molecule has 0 radical (unpaired) electrons. The number of ketones is 1. The molecule has 0 aliphatic carbocycles. The van der Waals surface area contributed by atoms with Crippen molar-refractivity contribution in [3.8, 4) is 11.1 Å². The molecule has 10 heteroatoms. The third-order valence-electron chi connectivity index (χ3n) is 6.38. The van der Waals surface area contributed by atoms with Crippen LogP contribution in [0, 0.1) is 11.6 Å². The normalized spacial score (nSPS) is 12.0. The topological polar surface area (TPSA) is 104 Å². The molecule has 2 aromatic carbocycles.